The Morgan fingerprint density at radius 2 is 2.07 bits per heavy atom. The molecule has 1 heterocycles. The predicted octanol–water partition coefficient (Wildman–Crippen LogP) is 1.86. The number of rotatable bonds is 1. The number of nitrogens with zero attached hydrogens (tertiary/aromatic N) is 1. The molecule has 1 aromatic heterocycles. The molecule has 1 rings (SSSR count). The summed E-state index contributed by atoms with van der Waals surface area (Å²) >= 11 is 0. The van der Waals surface area contributed by atoms with E-state index in [-0.39, 0.29) is 17.8 Å². The van der Waals surface area contributed by atoms with Gasteiger partial charge < -0.3 is 5.73 Å². The molecule has 14 heavy (non-hydrogen) atoms. The lowest BCUT2D eigenvalue weighted by molar-refractivity contribution is -0.141. The molecule has 0 atom stereocenters. The van der Waals surface area contributed by atoms with E-state index in [1.807, 2.05) is 0 Å². The maximum atomic E-state index is 12.2. The molecule has 0 unspecified atom stereocenters. The highest BCUT2D eigenvalue weighted by Crippen LogP contribution is 2.29. The fourth-order valence-electron chi connectivity index (χ4n) is 0.952. The Morgan fingerprint density at radius 1 is 1.43 bits per heavy atom. The maximum Gasteiger partial charge on any atom is 0.433 e. The van der Waals surface area contributed by atoms with Crippen molar-refractivity contribution in [1.29, 1.82) is 0 Å². The standard InChI is InChI=1S/C9H7F3N2/c1-2-3-7-4-6(13)5-8(14-7)9(10,11)12/h1,4-5H,3H2,(H2,13,14). The van der Waals surface area contributed by atoms with E-state index in [1.54, 1.807) is 0 Å². The number of terminal acetylenes is 1. The summed E-state index contributed by atoms with van der Waals surface area (Å²) in [6, 6.07) is 2.11. The van der Waals surface area contributed by atoms with Crippen molar-refractivity contribution in [3.05, 3.63) is 23.5 Å². The summed E-state index contributed by atoms with van der Waals surface area (Å²) in [6.07, 6.45) is 0.506. The number of anilines is 1. The van der Waals surface area contributed by atoms with Crippen molar-refractivity contribution in [3.8, 4) is 12.3 Å². The van der Waals surface area contributed by atoms with Crippen LogP contribution in [0, 0.1) is 12.3 Å². The number of hydrogen-bond donors (Lipinski definition) is 1. The molecule has 0 aliphatic carbocycles. The van der Waals surface area contributed by atoms with Crippen molar-refractivity contribution in [2.45, 2.75) is 12.6 Å². The third kappa shape index (κ3) is 2.39. The lowest BCUT2D eigenvalue weighted by Crippen LogP contribution is -2.10. The molecule has 0 spiro atoms. The number of nitrogens with two attached hydrogens (primary N) is 1. The predicted molar refractivity (Wildman–Crippen MR) is 46.2 cm³/mol. The van der Waals surface area contributed by atoms with Crippen LogP contribution in [0.4, 0.5) is 18.9 Å². The average Bonchev–Trinajstić information content (AvgIpc) is 2.02. The highest BCUT2D eigenvalue weighted by atomic mass is 19.4. The van der Waals surface area contributed by atoms with Gasteiger partial charge in [0, 0.05) is 5.69 Å². The Labute approximate surface area is 78.9 Å². The van der Waals surface area contributed by atoms with Gasteiger partial charge >= 0.3 is 6.18 Å². The lowest BCUT2D eigenvalue weighted by atomic mass is 10.2. The van der Waals surface area contributed by atoms with Gasteiger partial charge in [-0.1, -0.05) is 0 Å². The lowest BCUT2D eigenvalue weighted by Gasteiger charge is -2.07. The van der Waals surface area contributed by atoms with E-state index in [0.29, 0.717) is 0 Å². The van der Waals surface area contributed by atoms with Gasteiger partial charge in [-0.3, -0.25) is 0 Å². The van der Waals surface area contributed by atoms with Crippen LogP contribution in [0.25, 0.3) is 0 Å². The van der Waals surface area contributed by atoms with Crippen LogP contribution in [0.2, 0.25) is 0 Å². The van der Waals surface area contributed by atoms with Crippen LogP contribution in [0.5, 0.6) is 0 Å². The molecule has 1 aromatic rings. The van der Waals surface area contributed by atoms with Crippen molar-refractivity contribution in [2.75, 3.05) is 5.73 Å². The summed E-state index contributed by atoms with van der Waals surface area (Å²) in [4.78, 5) is 3.35. The van der Waals surface area contributed by atoms with Gasteiger partial charge in [0.2, 0.25) is 0 Å². The summed E-state index contributed by atoms with van der Waals surface area (Å²) in [5.74, 6) is 2.20. The summed E-state index contributed by atoms with van der Waals surface area (Å²) in [5, 5.41) is 0. The topological polar surface area (TPSA) is 38.9 Å². The van der Waals surface area contributed by atoms with E-state index in [2.05, 4.69) is 10.9 Å². The monoisotopic (exact) mass is 200 g/mol. The quantitative estimate of drug-likeness (QED) is 0.702. The molecule has 0 aromatic carbocycles. The van der Waals surface area contributed by atoms with Crippen molar-refractivity contribution in [3.63, 3.8) is 0 Å². The number of nitrogen functional groups attached to an aromatic ring is 1. The van der Waals surface area contributed by atoms with E-state index in [0.717, 1.165) is 6.07 Å². The number of hydrogen-bond acceptors (Lipinski definition) is 2. The van der Waals surface area contributed by atoms with Crippen molar-refractivity contribution in [2.24, 2.45) is 0 Å². The largest absolute Gasteiger partial charge is 0.433 e. The van der Waals surface area contributed by atoms with Gasteiger partial charge in [0.25, 0.3) is 0 Å². The highest BCUT2D eigenvalue weighted by molar-refractivity contribution is 5.41. The van der Waals surface area contributed by atoms with Gasteiger partial charge in [-0.15, -0.1) is 12.3 Å². The van der Waals surface area contributed by atoms with Crippen LogP contribution in [-0.4, -0.2) is 4.98 Å². The molecule has 0 bridgehead atoms. The van der Waals surface area contributed by atoms with E-state index in [4.69, 9.17) is 12.2 Å². The normalized spacial score (nSPS) is 11.0. The average molecular weight is 200 g/mol. The van der Waals surface area contributed by atoms with E-state index in [1.165, 1.54) is 6.07 Å². The number of aromatic nitrogens is 1. The van der Waals surface area contributed by atoms with E-state index in [9.17, 15) is 13.2 Å². The summed E-state index contributed by atoms with van der Waals surface area (Å²) in [5.41, 5.74) is 4.43. The Morgan fingerprint density at radius 3 is 2.57 bits per heavy atom. The zero-order valence-electron chi connectivity index (χ0n) is 7.10. The molecule has 2 nitrogen and oxygen atoms in total. The third-order valence-corrected chi connectivity index (χ3v) is 1.47. The summed E-state index contributed by atoms with van der Waals surface area (Å²) < 4.78 is 36.7. The molecule has 5 heteroatoms. The second-order valence-electron chi connectivity index (χ2n) is 2.66. The highest BCUT2D eigenvalue weighted by Gasteiger charge is 2.32. The van der Waals surface area contributed by atoms with Crippen LogP contribution >= 0.6 is 0 Å². The molecular formula is C9H7F3N2. The first-order valence-corrected chi connectivity index (χ1v) is 3.70. The SMILES string of the molecule is C#CCc1cc(N)cc(C(F)(F)F)n1. The Hall–Kier alpha value is -1.70. The summed E-state index contributed by atoms with van der Waals surface area (Å²) in [6.45, 7) is 0. The molecule has 0 fully saturated rings. The number of pyridine rings is 1. The second-order valence-corrected chi connectivity index (χ2v) is 2.66. The van der Waals surface area contributed by atoms with Gasteiger partial charge in [-0.05, 0) is 12.1 Å². The van der Waals surface area contributed by atoms with E-state index < -0.39 is 11.9 Å². The molecule has 2 N–H and O–H groups in total. The number of halogens is 3. The number of alkyl halides is 3. The Bertz CT molecular complexity index is 377. The molecular weight excluding hydrogens is 193 g/mol. The van der Waals surface area contributed by atoms with Crippen LogP contribution in [0.3, 0.4) is 0 Å². The second kappa shape index (κ2) is 3.58. The minimum atomic E-state index is -4.49. The van der Waals surface area contributed by atoms with Gasteiger partial charge in [0.05, 0.1) is 12.1 Å². The van der Waals surface area contributed by atoms with Gasteiger partial charge in [0.1, 0.15) is 5.69 Å². The molecule has 74 valence electrons. The fraction of sp³-hybridized carbons (Fsp3) is 0.222. The van der Waals surface area contributed by atoms with Crippen molar-refractivity contribution >= 4 is 5.69 Å². The molecule has 0 radical (unpaired) electrons. The first-order valence-electron chi connectivity index (χ1n) is 3.70. The first-order chi connectivity index (χ1) is 6.43. The van der Waals surface area contributed by atoms with Crippen LogP contribution < -0.4 is 5.73 Å². The van der Waals surface area contributed by atoms with Gasteiger partial charge in [0.15, 0.2) is 0 Å². The Kier molecular flexibility index (Phi) is 2.65. The minimum Gasteiger partial charge on any atom is -0.399 e. The maximum absolute atomic E-state index is 12.2. The van der Waals surface area contributed by atoms with Gasteiger partial charge in [-0.2, -0.15) is 13.2 Å². The molecule has 0 aliphatic rings. The van der Waals surface area contributed by atoms with Crippen LogP contribution in [0.15, 0.2) is 12.1 Å². The molecule has 0 saturated heterocycles. The Balaban J connectivity index is 3.15. The van der Waals surface area contributed by atoms with Crippen LogP contribution in [0.1, 0.15) is 11.4 Å². The molecule has 0 saturated carbocycles. The zero-order chi connectivity index (χ0) is 10.8. The van der Waals surface area contributed by atoms with Crippen molar-refractivity contribution in [1.82, 2.24) is 4.98 Å². The fourth-order valence-corrected chi connectivity index (χ4v) is 0.952. The smallest absolute Gasteiger partial charge is 0.399 e. The van der Waals surface area contributed by atoms with Crippen molar-refractivity contribution < 1.29 is 13.2 Å². The summed E-state index contributed by atoms with van der Waals surface area (Å²) in [7, 11) is 0. The van der Waals surface area contributed by atoms with E-state index >= 15 is 0 Å². The molecule has 0 aliphatic heterocycles. The van der Waals surface area contributed by atoms with Gasteiger partial charge in [-0.25, -0.2) is 4.98 Å². The third-order valence-electron chi connectivity index (χ3n) is 1.47. The first kappa shape index (κ1) is 10.4. The minimum absolute atomic E-state index is 0.0116. The van der Waals surface area contributed by atoms with Crippen LogP contribution in [-0.2, 0) is 12.6 Å². The zero-order valence-corrected chi connectivity index (χ0v) is 7.10. The molecule has 0 amide bonds.